The largest absolute Gasteiger partial charge is 0.151 e. The van der Waals surface area contributed by atoms with E-state index < -0.39 is 25.7 Å². The number of hydrogen-bond acceptors (Lipinski definition) is 4. The molecule has 5 heteroatoms. The van der Waals surface area contributed by atoms with Crippen molar-refractivity contribution in [2.24, 2.45) is 10.2 Å². The molecule has 4 nitrogen and oxygen atoms in total. The molecule has 180 valence electrons. The molecule has 0 fully saturated rings. The van der Waals surface area contributed by atoms with Crippen LogP contribution < -0.4 is 5.11 Å². The zero-order valence-electron chi connectivity index (χ0n) is 21.1. The second kappa shape index (κ2) is 21.9. The Labute approximate surface area is 209 Å². The molecule has 0 heterocycles. The fraction of sp³-hybridized carbons (Fsp3) is 0.464. The van der Waals surface area contributed by atoms with Crippen LogP contribution in [0.25, 0.3) is 0 Å². The van der Waals surface area contributed by atoms with Crippen molar-refractivity contribution >= 4 is 37.1 Å². The molecule has 0 bridgehead atoms. The van der Waals surface area contributed by atoms with Gasteiger partial charge >= 0.3 is 92.4 Å². The molecule has 2 rings (SSSR count). The van der Waals surface area contributed by atoms with E-state index in [1.807, 2.05) is 60.7 Å². The molecule has 0 saturated carbocycles. The summed E-state index contributed by atoms with van der Waals surface area (Å²) >= 11 is -0.839. The van der Waals surface area contributed by atoms with Gasteiger partial charge in [0, 0.05) is 0 Å². The summed E-state index contributed by atoms with van der Waals surface area (Å²) < 4.78 is 5.04. The molecule has 0 saturated heterocycles. The summed E-state index contributed by atoms with van der Waals surface area (Å²) in [5.74, 6) is -1.19. The number of azo groups is 1. The number of aliphatic carboxylic acids is 1. The topological polar surface area (TPSA) is 64.8 Å². The zero-order chi connectivity index (χ0) is 24.7. The molecule has 2 aromatic carbocycles. The fourth-order valence-corrected chi connectivity index (χ4v) is 12.2. The third kappa shape index (κ3) is 19.2. The number of rotatable bonds is 12. The van der Waals surface area contributed by atoms with Crippen LogP contribution >= 0.6 is 0 Å². The van der Waals surface area contributed by atoms with Crippen molar-refractivity contribution in [1.29, 1.82) is 0 Å². The second-order valence-corrected chi connectivity index (χ2v) is 16.6. The minimum atomic E-state index is -1.19. The molecule has 0 radical (unpaired) electrons. The van der Waals surface area contributed by atoms with Crippen LogP contribution in [0, 0.1) is 0 Å². The standard InChI is InChI=1S/C12H10N2.C4H6O2.3C4H9.Sn/c1-3-7-11(8-4-1)13-14-12-9-5-2-6-10-12;1-3(2)4(5)6;3*1-3-4-2;/h1-10H;1H2,2H3,(H,5,6);3*1,3-4H2,2H3;/q;;;;;+1/p-1. The van der Waals surface area contributed by atoms with Crippen LogP contribution in [0.5, 0.6) is 0 Å². The van der Waals surface area contributed by atoms with Gasteiger partial charge in [0.1, 0.15) is 0 Å². The minimum Gasteiger partial charge on any atom is -0.151 e. The minimum absolute atomic E-state index is 0.0648. The Hall–Kier alpha value is -1.95. The van der Waals surface area contributed by atoms with Gasteiger partial charge in [-0.15, -0.1) is 0 Å². The van der Waals surface area contributed by atoms with Gasteiger partial charge in [-0.3, -0.25) is 0 Å². The van der Waals surface area contributed by atoms with Crippen LogP contribution in [0.3, 0.4) is 0 Å². The summed E-state index contributed by atoms with van der Waals surface area (Å²) in [4.78, 5) is 9.49. The first-order chi connectivity index (χ1) is 15.9. The van der Waals surface area contributed by atoms with E-state index in [9.17, 15) is 9.90 Å². The van der Waals surface area contributed by atoms with Crippen LogP contribution in [0.4, 0.5) is 11.4 Å². The molecule has 0 amide bonds. The molecule has 2 aromatic rings. The number of carboxylic acids is 1. The van der Waals surface area contributed by atoms with E-state index in [0.29, 0.717) is 0 Å². The number of nitrogens with zero attached hydrogens (tertiary/aromatic N) is 2. The summed E-state index contributed by atoms with van der Waals surface area (Å²) in [6.07, 6.45) is 8.85. The summed E-state index contributed by atoms with van der Waals surface area (Å²) in [5, 5.41) is 17.7. The van der Waals surface area contributed by atoms with Crippen molar-refractivity contribution < 1.29 is 9.90 Å². The number of hydrogen-bond donors (Lipinski definition) is 0. The smallest absolute Gasteiger partial charge is 0.0857 e. The van der Waals surface area contributed by atoms with Crippen LogP contribution in [0.2, 0.25) is 13.3 Å². The van der Waals surface area contributed by atoms with E-state index in [4.69, 9.17) is 0 Å². The summed E-state index contributed by atoms with van der Waals surface area (Å²) in [5.41, 5.74) is 1.81. The fourth-order valence-electron chi connectivity index (χ4n) is 2.76. The molecular weight excluding hydrogens is 515 g/mol. The molecule has 0 aliphatic rings. The van der Waals surface area contributed by atoms with Gasteiger partial charge in [-0.05, 0) is 36.8 Å². The summed E-state index contributed by atoms with van der Waals surface area (Å²) in [6, 6.07) is 19.4. The Morgan fingerprint density at radius 3 is 1.30 bits per heavy atom. The average Bonchev–Trinajstić information content (AvgIpc) is 2.84. The number of carbonyl (C=O) groups is 1. The normalized spacial score (nSPS) is 9.94. The molecule has 0 N–H and O–H groups in total. The molecule has 0 unspecified atom stereocenters. The van der Waals surface area contributed by atoms with Gasteiger partial charge in [0.2, 0.25) is 0 Å². The Kier molecular flexibility index (Phi) is 20.6. The number of benzene rings is 2. The third-order valence-electron chi connectivity index (χ3n) is 4.79. The van der Waals surface area contributed by atoms with E-state index >= 15 is 0 Å². The second-order valence-electron chi connectivity index (χ2n) is 8.00. The van der Waals surface area contributed by atoms with Gasteiger partial charge in [0.05, 0.1) is 17.3 Å². The Bertz CT molecular complexity index is 691. The van der Waals surface area contributed by atoms with Crippen LogP contribution in [0.1, 0.15) is 66.2 Å². The quantitative estimate of drug-likeness (QED) is 0.150. The maximum absolute atomic E-state index is 9.49. The first-order valence-corrected chi connectivity index (χ1v) is 18.2. The van der Waals surface area contributed by atoms with E-state index in [1.54, 1.807) is 13.3 Å². The third-order valence-corrected chi connectivity index (χ3v) is 13.9. The van der Waals surface area contributed by atoms with E-state index in [0.717, 1.165) is 11.4 Å². The molecule has 0 aliphatic heterocycles. The van der Waals surface area contributed by atoms with Crippen molar-refractivity contribution in [2.75, 3.05) is 0 Å². The first-order valence-electron chi connectivity index (χ1n) is 12.2. The number of carbonyl (C=O) groups excluding carboxylic acids is 1. The van der Waals surface area contributed by atoms with Gasteiger partial charge in [-0.25, -0.2) is 0 Å². The van der Waals surface area contributed by atoms with Crippen molar-refractivity contribution in [3.63, 3.8) is 0 Å². The maximum Gasteiger partial charge on any atom is 0.0857 e. The van der Waals surface area contributed by atoms with Crippen LogP contribution in [-0.2, 0) is 4.79 Å². The summed E-state index contributed by atoms with van der Waals surface area (Å²) in [6.45, 7) is 11.5. The van der Waals surface area contributed by atoms with Gasteiger partial charge in [-0.2, -0.15) is 10.2 Å². The predicted molar refractivity (Wildman–Crippen MR) is 142 cm³/mol. The zero-order valence-corrected chi connectivity index (χ0v) is 23.9. The number of carboxylic acid groups (broad SMARTS) is 1. The van der Waals surface area contributed by atoms with Crippen molar-refractivity contribution in [3.8, 4) is 0 Å². The molecule has 0 spiro atoms. The van der Waals surface area contributed by atoms with Crippen LogP contribution in [0.15, 0.2) is 83.0 Å². The van der Waals surface area contributed by atoms with E-state index in [2.05, 4.69) is 37.6 Å². The predicted octanol–water partition coefficient (Wildman–Crippen LogP) is 8.30. The molecular formula is C28H42N2O2Sn. The van der Waals surface area contributed by atoms with E-state index in [1.165, 1.54) is 45.4 Å². The Morgan fingerprint density at radius 1 is 0.758 bits per heavy atom. The van der Waals surface area contributed by atoms with Crippen molar-refractivity contribution in [1.82, 2.24) is 0 Å². The molecule has 33 heavy (non-hydrogen) atoms. The van der Waals surface area contributed by atoms with Crippen molar-refractivity contribution in [2.45, 2.75) is 79.5 Å². The monoisotopic (exact) mass is 558 g/mol. The molecule has 0 aromatic heterocycles. The molecule has 0 atom stereocenters. The maximum atomic E-state index is 9.49. The van der Waals surface area contributed by atoms with Gasteiger partial charge in [0.15, 0.2) is 0 Å². The van der Waals surface area contributed by atoms with E-state index in [-0.39, 0.29) is 5.57 Å². The SMILES string of the molecule is C=C(C)C(=O)[O-].CCC[CH2][Sn+]([CH2]CCC)[CH2]CCC.c1ccc(N=Nc2ccccc2)cc1. The molecule has 0 aliphatic carbocycles. The van der Waals surface area contributed by atoms with Crippen molar-refractivity contribution in [3.05, 3.63) is 72.8 Å². The number of unbranched alkanes of at least 4 members (excludes halogenated alkanes) is 3. The summed E-state index contributed by atoms with van der Waals surface area (Å²) in [7, 11) is 0. The Balaban J connectivity index is 0.000000504. The van der Waals surface area contributed by atoms with Crippen LogP contribution in [-0.4, -0.2) is 25.7 Å². The van der Waals surface area contributed by atoms with Gasteiger partial charge < -0.3 is 9.90 Å². The van der Waals surface area contributed by atoms with Gasteiger partial charge in [0.25, 0.3) is 0 Å². The first kappa shape index (κ1) is 31.0. The Morgan fingerprint density at radius 2 is 1.06 bits per heavy atom. The average molecular weight is 557 g/mol. The van der Waals surface area contributed by atoms with Gasteiger partial charge in [-0.1, -0.05) is 43.0 Å².